The molecular formula is C9H18N4O2. The van der Waals surface area contributed by atoms with Crippen LogP contribution in [-0.4, -0.2) is 36.5 Å². The SMILES string of the molecule is CNCc1nnc(NCCOC(C)C)o1. The predicted molar refractivity (Wildman–Crippen MR) is 56.6 cm³/mol. The van der Waals surface area contributed by atoms with Crippen LogP contribution in [0.25, 0.3) is 0 Å². The molecule has 0 saturated heterocycles. The number of nitrogens with zero attached hydrogens (tertiary/aromatic N) is 2. The molecule has 0 radical (unpaired) electrons. The van der Waals surface area contributed by atoms with Gasteiger partial charge in [-0.3, -0.25) is 0 Å². The lowest BCUT2D eigenvalue weighted by Gasteiger charge is -2.06. The molecule has 1 aromatic rings. The molecule has 0 saturated carbocycles. The number of rotatable bonds is 7. The maximum absolute atomic E-state index is 5.35. The molecule has 0 amide bonds. The largest absolute Gasteiger partial charge is 0.407 e. The van der Waals surface area contributed by atoms with E-state index in [-0.39, 0.29) is 6.10 Å². The van der Waals surface area contributed by atoms with Gasteiger partial charge in [-0.05, 0) is 20.9 Å². The third kappa shape index (κ3) is 4.75. The Bertz CT molecular complexity index is 275. The fourth-order valence-electron chi connectivity index (χ4n) is 1.00. The molecule has 0 bridgehead atoms. The van der Waals surface area contributed by atoms with Gasteiger partial charge in [-0.1, -0.05) is 5.10 Å². The zero-order valence-electron chi connectivity index (χ0n) is 9.41. The van der Waals surface area contributed by atoms with Gasteiger partial charge in [0.25, 0.3) is 0 Å². The van der Waals surface area contributed by atoms with Gasteiger partial charge in [-0.2, -0.15) is 0 Å². The van der Waals surface area contributed by atoms with Crippen molar-refractivity contribution in [1.29, 1.82) is 0 Å². The summed E-state index contributed by atoms with van der Waals surface area (Å²) in [5, 5.41) is 13.6. The van der Waals surface area contributed by atoms with E-state index in [9.17, 15) is 0 Å². The lowest BCUT2D eigenvalue weighted by Crippen LogP contribution is -2.13. The molecule has 2 N–H and O–H groups in total. The molecular weight excluding hydrogens is 196 g/mol. The van der Waals surface area contributed by atoms with E-state index in [0.717, 1.165) is 0 Å². The van der Waals surface area contributed by atoms with Crippen LogP contribution in [-0.2, 0) is 11.3 Å². The number of hydrogen-bond donors (Lipinski definition) is 2. The zero-order chi connectivity index (χ0) is 11.1. The summed E-state index contributed by atoms with van der Waals surface area (Å²) in [5.41, 5.74) is 0. The van der Waals surface area contributed by atoms with Gasteiger partial charge in [-0.15, -0.1) is 5.10 Å². The van der Waals surface area contributed by atoms with Gasteiger partial charge < -0.3 is 19.8 Å². The maximum Gasteiger partial charge on any atom is 0.315 e. The third-order valence-corrected chi connectivity index (χ3v) is 1.62. The van der Waals surface area contributed by atoms with E-state index in [0.29, 0.717) is 31.6 Å². The minimum absolute atomic E-state index is 0.245. The van der Waals surface area contributed by atoms with Gasteiger partial charge in [0, 0.05) is 6.54 Å². The van der Waals surface area contributed by atoms with E-state index in [1.54, 1.807) is 0 Å². The molecule has 86 valence electrons. The molecule has 1 heterocycles. The molecule has 0 fully saturated rings. The van der Waals surface area contributed by atoms with Crippen LogP contribution in [0.2, 0.25) is 0 Å². The van der Waals surface area contributed by atoms with E-state index in [1.807, 2.05) is 20.9 Å². The van der Waals surface area contributed by atoms with E-state index in [4.69, 9.17) is 9.15 Å². The van der Waals surface area contributed by atoms with E-state index < -0.39 is 0 Å². The summed E-state index contributed by atoms with van der Waals surface area (Å²) in [6.07, 6.45) is 0.245. The average Bonchev–Trinajstić information content (AvgIpc) is 2.61. The van der Waals surface area contributed by atoms with Crippen molar-refractivity contribution in [3.8, 4) is 0 Å². The van der Waals surface area contributed by atoms with Gasteiger partial charge in [0.1, 0.15) is 0 Å². The Balaban J connectivity index is 2.19. The molecule has 1 aromatic heterocycles. The minimum Gasteiger partial charge on any atom is -0.407 e. The average molecular weight is 214 g/mol. The fraction of sp³-hybridized carbons (Fsp3) is 0.778. The highest BCUT2D eigenvalue weighted by Gasteiger charge is 2.03. The Kier molecular flexibility index (Phi) is 5.06. The molecule has 0 unspecified atom stereocenters. The Labute approximate surface area is 89.4 Å². The topological polar surface area (TPSA) is 72.2 Å². The monoisotopic (exact) mass is 214 g/mol. The number of aromatic nitrogens is 2. The quantitative estimate of drug-likeness (QED) is 0.648. The van der Waals surface area contributed by atoms with Gasteiger partial charge in [-0.25, -0.2) is 0 Å². The van der Waals surface area contributed by atoms with E-state index >= 15 is 0 Å². The van der Waals surface area contributed by atoms with Crippen LogP contribution in [0, 0.1) is 0 Å². The highest BCUT2D eigenvalue weighted by atomic mass is 16.5. The first-order chi connectivity index (χ1) is 7.22. The van der Waals surface area contributed by atoms with Gasteiger partial charge in [0.15, 0.2) is 0 Å². The van der Waals surface area contributed by atoms with Crippen LogP contribution < -0.4 is 10.6 Å². The molecule has 0 aliphatic rings. The van der Waals surface area contributed by atoms with Crippen LogP contribution in [0.3, 0.4) is 0 Å². The second-order valence-corrected chi connectivity index (χ2v) is 3.38. The molecule has 6 nitrogen and oxygen atoms in total. The van der Waals surface area contributed by atoms with Crippen LogP contribution >= 0.6 is 0 Å². The first-order valence-corrected chi connectivity index (χ1v) is 5.05. The van der Waals surface area contributed by atoms with Crippen molar-refractivity contribution in [2.75, 3.05) is 25.5 Å². The van der Waals surface area contributed by atoms with Gasteiger partial charge in [0.2, 0.25) is 5.89 Å². The van der Waals surface area contributed by atoms with E-state index in [1.165, 1.54) is 0 Å². The van der Waals surface area contributed by atoms with Crippen molar-refractivity contribution < 1.29 is 9.15 Å². The zero-order valence-corrected chi connectivity index (χ0v) is 9.41. The Hall–Kier alpha value is -1.14. The summed E-state index contributed by atoms with van der Waals surface area (Å²) in [7, 11) is 1.83. The van der Waals surface area contributed by atoms with Crippen LogP contribution in [0.15, 0.2) is 4.42 Å². The molecule has 1 rings (SSSR count). The van der Waals surface area contributed by atoms with Crippen molar-refractivity contribution in [1.82, 2.24) is 15.5 Å². The summed E-state index contributed by atoms with van der Waals surface area (Å²) in [6.45, 7) is 5.87. The minimum atomic E-state index is 0.245. The van der Waals surface area contributed by atoms with Crippen molar-refractivity contribution >= 4 is 6.01 Å². The molecule has 0 aromatic carbocycles. The summed E-state index contributed by atoms with van der Waals surface area (Å²) in [4.78, 5) is 0. The fourth-order valence-corrected chi connectivity index (χ4v) is 1.00. The molecule has 6 heteroatoms. The second-order valence-electron chi connectivity index (χ2n) is 3.38. The molecule has 0 spiro atoms. The summed E-state index contributed by atoms with van der Waals surface area (Å²) < 4.78 is 10.6. The number of ether oxygens (including phenoxy) is 1. The normalized spacial score (nSPS) is 10.9. The third-order valence-electron chi connectivity index (χ3n) is 1.62. The summed E-state index contributed by atoms with van der Waals surface area (Å²) in [6, 6.07) is 0.438. The highest BCUT2D eigenvalue weighted by Crippen LogP contribution is 2.04. The Morgan fingerprint density at radius 1 is 1.40 bits per heavy atom. The predicted octanol–water partition coefficient (Wildman–Crippen LogP) is 0.626. The van der Waals surface area contributed by atoms with Crippen LogP contribution in [0.4, 0.5) is 6.01 Å². The number of anilines is 1. The Morgan fingerprint density at radius 3 is 2.87 bits per heavy atom. The van der Waals surface area contributed by atoms with Crippen molar-refractivity contribution in [2.45, 2.75) is 26.5 Å². The second kappa shape index (κ2) is 6.36. The maximum atomic E-state index is 5.35. The smallest absolute Gasteiger partial charge is 0.315 e. The molecule has 0 aliphatic carbocycles. The van der Waals surface area contributed by atoms with Gasteiger partial charge in [0.05, 0.1) is 19.3 Å². The number of hydrogen-bond acceptors (Lipinski definition) is 6. The summed E-state index contributed by atoms with van der Waals surface area (Å²) >= 11 is 0. The van der Waals surface area contributed by atoms with Crippen molar-refractivity contribution in [3.63, 3.8) is 0 Å². The van der Waals surface area contributed by atoms with Crippen LogP contribution in [0.1, 0.15) is 19.7 Å². The molecule has 0 atom stereocenters. The van der Waals surface area contributed by atoms with Crippen LogP contribution in [0.5, 0.6) is 0 Å². The summed E-state index contributed by atoms with van der Waals surface area (Å²) in [5.74, 6) is 0.574. The highest BCUT2D eigenvalue weighted by molar-refractivity contribution is 5.16. The standard InChI is InChI=1S/C9H18N4O2/c1-7(2)14-5-4-11-9-13-12-8(15-9)6-10-3/h7,10H,4-6H2,1-3H3,(H,11,13). The van der Waals surface area contributed by atoms with Gasteiger partial charge >= 0.3 is 6.01 Å². The lowest BCUT2D eigenvalue weighted by atomic mass is 10.5. The Morgan fingerprint density at radius 2 is 2.20 bits per heavy atom. The first-order valence-electron chi connectivity index (χ1n) is 5.05. The molecule has 0 aliphatic heterocycles. The van der Waals surface area contributed by atoms with Crippen molar-refractivity contribution in [3.05, 3.63) is 5.89 Å². The first kappa shape index (κ1) is 11.9. The van der Waals surface area contributed by atoms with Crippen molar-refractivity contribution in [2.24, 2.45) is 0 Å². The number of nitrogens with one attached hydrogen (secondary N) is 2. The lowest BCUT2D eigenvalue weighted by molar-refractivity contribution is 0.0868. The van der Waals surface area contributed by atoms with E-state index in [2.05, 4.69) is 20.8 Å². The molecule has 15 heavy (non-hydrogen) atoms.